The van der Waals surface area contributed by atoms with Crippen LogP contribution < -0.4 is 0 Å². The molecule has 0 saturated carbocycles. The van der Waals surface area contributed by atoms with E-state index in [1.54, 1.807) is 4.31 Å². The Morgan fingerprint density at radius 1 is 1.24 bits per heavy atom. The van der Waals surface area contributed by atoms with Gasteiger partial charge in [-0.05, 0) is 45.2 Å². The van der Waals surface area contributed by atoms with Crippen LogP contribution in [0.4, 0.5) is 0 Å². The Hall–Kier alpha value is -0.130. The maximum Gasteiger partial charge on any atom is 0.214 e. The SMILES string of the molecule is CCCS(=O)(=O)N1CCC2C(CCCN2C)C1. The molecule has 2 aliphatic heterocycles. The summed E-state index contributed by atoms with van der Waals surface area (Å²) in [5, 5.41) is 0. The fourth-order valence-electron chi connectivity index (χ4n) is 3.26. The first-order valence-corrected chi connectivity index (χ1v) is 8.33. The molecule has 0 radical (unpaired) electrons. The van der Waals surface area contributed by atoms with Crippen LogP contribution in [0.2, 0.25) is 0 Å². The molecule has 2 unspecified atom stereocenters. The van der Waals surface area contributed by atoms with E-state index in [1.807, 2.05) is 6.92 Å². The molecule has 0 N–H and O–H groups in total. The third-order valence-corrected chi connectivity index (χ3v) is 6.21. The smallest absolute Gasteiger partial charge is 0.214 e. The van der Waals surface area contributed by atoms with Gasteiger partial charge in [-0.15, -0.1) is 0 Å². The maximum atomic E-state index is 12.1. The van der Waals surface area contributed by atoms with Crippen molar-refractivity contribution in [2.45, 2.75) is 38.6 Å². The molecular formula is C12H24N2O2S. The van der Waals surface area contributed by atoms with Gasteiger partial charge in [0.1, 0.15) is 0 Å². The summed E-state index contributed by atoms with van der Waals surface area (Å²) in [6.07, 6.45) is 4.11. The molecule has 0 bridgehead atoms. The molecule has 17 heavy (non-hydrogen) atoms. The molecule has 100 valence electrons. The highest BCUT2D eigenvalue weighted by atomic mass is 32.2. The Balaban J connectivity index is 2.02. The van der Waals surface area contributed by atoms with Crippen LogP contribution in [0.15, 0.2) is 0 Å². The lowest BCUT2D eigenvalue weighted by Crippen LogP contribution is -2.54. The first kappa shape index (κ1) is 13.3. The van der Waals surface area contributed by atoms with Crippen molar-refractivity contribution in [1.82, 2.24) is 9.21 Å². The minimum atomic E-state index is -2.99. The summed E-state index contributed by atoms with van der Waals surface area (Å²) in [5.74, 6) is 0.856. The molecule has 2 saturated heterocycles. The van der Waals surface area contributed by atoms with Crippen LogP contribution in [-0.4, -0.2) is 56.1 Å². The van der Waals surface area contributed by atoms with Gasteiger partial charge >= 0.3 is 0 Å². The number of rotatable bonds is 3. The maximum absolute atomic E-state index is 12.1. The first-order valence-electron chi connectivity index (χ1n) is 6.72. The molecule has 5 heteroatoms. The fraction of sp³-hybridized carbons (Fsp3) is 1.00. The fourth-order valence-corrected chi connectivity index (χ4v) is 4.84. The second kappa shape index (κ2) is 5.24. The van der Waals surface area contributed by atoms with E-state index in [0.29, 0.717) is 30.7 Å². The number of hydrogen-bond donors (Lipinski definition) is 0. The molecule has 0 spiro atoms. The van der Waals surface area contributed by atoms with E-state index in [1.165, 1.54) is 19.4 Å². The van der Waals surface area contributed by atoms with Gasteiger partial charge in [0, 0.05) is 19.1 Å². The monoisotopic (exact) mass is 260 g/mol. The second-order valence-corrected chi connectivity index (χ2v) is 7.50. The third kappa shape index (κ3) is 2.83. The van der Waals surface area contributed by atoms with Crippen LogP contribution in [0.1, 0.15) is 32.6 Å². The molecule has 2 fully saturated rings. The highest BCUT2D eigenvalue weighted by molar-refractivity contribution is 7.89. The predicted molar refractivity (Wildman–Crippen MR) is 69.4 cm³/mol. The predicted octanol–water partition coefficient (Wildman–Crippen LogP) is 1.14. The number of likely N-dealkylation sites (tertiary alicyclic amines) is 1. The van der Waals surface area contributed by atoms with E-state index < -0.39 is 10.0 Å². The average Bonchev–Trinajstić information content (AvgIpc) is 2.29. The zero-order chi connectivity index (χ0) is 12.5. The number of nitrogens with zero attached hydrogens (tertiary/aromatic N) is 2. The van der Waals surface area contributed by atoms with Crippen molar-refractivity contribution in [2.24, 2.45) is 5.92 Å². The molecule has 2 atom stereocenters. The van der Waals surface area contributed by atoms with Crippen LogP contribution in [0.25, 0.3) is 0 Å². The number of fused-ring (bicyclic) bond motifs is 1. The van der Waals surface area contributed by atoms with Gasteiger partial charge in [-0.25, -0.2) is 12.7 Å². The van der Waals surface area contributed by atoms with Crippen molar-refractivity contribution >= 4 is 10.0 Å². The number of sulfonamides is 1. The van der Waals surface area contributed by atoms with Gasteiger partial charge in [-0.2, -0.15) is 0 Å². The zero-order valence-electron chi connectivity index (χ0n) is 10.9. The van der Waals surface area contributed by atoms with Crippen molar-refractivity contribution in [3.05, 3.63) is 0 Å². The van der Waals surface area contributed by atoms with Gasteiger partial charge in [-0.3, -0.25) is 0 Å². The normalized spacial score (nSPS) is 32.4. The van der Waals surface area contributed by atoms with Gasteiger partial charge in [0.2, 0.25) is 10.0 Å². The summed E-state index contributed by atoms with van der Waals surface area (Å²) in [6, 6.07) is 0.608. The van der Waals surface area contributed by atoms with Gasteiger partial charge in [-0.1, -0.05) is 6.92 Å². The van der Waals surface area contributed by atoms with E-state index in [9.17, 15) is 8.42 Å². The Morgan fingerprint density at radius 2 is 2.00 bits per heavy atom. The van der Waals surface area contributed by atoms with Crippen molar-refractivity contribution < 1.29 is 8.42 Å². The van der Waals surface area contributed by atoms with Crippen LogP contribution in [0, 0.1) is 5.92 Å². The van der Waals surface area contributed by atoms with E-state index >= 15 is 0 Å². The lowest BCUT2D eigenvalue weighted by Gasteiger charge is -2.45. The Kier molecular flexibility index (Phi) is 4.10. The Morgan fingerprint density at radius 3 is 2.71 bits per heavy atom. The molecule has 2 aliphatic rings. The zero-order valence-corrected chi connectivity index (χ0v) is 11.7. The highest BCUT2D eigenvalue weighted by Gasteiger charge is 2.37. The summed E-state index contributed by atoms with van der Waals surface area (Å²) in [4.78, 5) is 2.41. The van der Waals surface area contributed by atoms with Crippen molar-refractivity contribution in [2.75, 3.05) is 32.4 Å². The van der Waals surface area contributed by atoms with E-state index in [4.69, 9.17) is 0 Å². The van der Waals surface area contributed by atoms with Gasteiger partial charge in [0.25, 0.3) is 0 Å². The first-order chi connectivity index (χ1) is 8.04. The highest BCUT2D eigenvalue weighted by Crippen LogP contribution is 2.30. The Bertz CT molecular complexity index is 356. The number of hydrogen-bond acceptors (Lipinski definition) is 3. The minimum absolute atomic E-state index is 0.306. The molecule has 2 rings (SSSR count). The lowest BCUT2D eigenvalue weighted by atomic mass is 9.85. The lowest BCUT2D eigenvalue weighted by molar-refractivity contribution is 0.0671. The second-order valence-electron chi connectivity index (χ2n) is 5.41. The molecule has 2 heterocycles. The molecule has 0 aromatic carbocycles. The van der Waals surface area contributed by atoms with Crippen molar-refractivity contribution in [3.8, 4) is 0 Å². The quantitative estimate of drug-likeness (QED) is 0.764. The van der Waals surface area contributed by atoms with Gasteiger partial charge < -0.3 is 4.90 Å². The Labute approximate surface area is 105 Å². The largest absolute Gasteiger partial charge is 0.303 e. The summed E-state index contributed by atoms with van der Waals surface area (Å²) in [6.45, 7) is 4.56. The summed E-state index contributed by atoms with van der Waals surface area (Å²) < 4.78 is 25.8. The van der Waals surface area contributed by atoms with Crippen molar-refractivity contribution in [3.63, 3.8) is 0 Å². The average molecular weight is 260 g/mol. The summed E-state index contributed by atoms with van der Waals surface area (Å²) in [7, 11) is -0.813. The van der Waals surface area contributed by atoms with Crippen LogP contribution >= 0.6 is 0 Å². The molecular weight excluding hydrogens is 236 g/mol. The topological polar surface area (TPSA) is 40.6 Å². The standard InChI is InChI=1S/C12H24N2O2S/c1-3-9-17(15,16)14-8-6-12-11(10-14)5-4-7-13(12)2/h11-12H,3-10H2,1-2H3. The van der Waals surface area contributed by atoms with E-state index in [-0.39, 0.29) is 0 Å². The molecule has 0 amide bonds. The molecule has 0 aliphatic carbocycles. The van der Waals surface area contributed by atoms with Crippen molar-refractivity contribution in [1.29, 1.82) is 0 Å². The van der Waals surface area contributed by atoms with Crippen LogP contribution in [-0.2, 0) is 10.0 Å². The van der Waals surface area contributed by atoms with Gasteiger partial charge in [0.15, 0.2) is 0 Å². The van der Waals surface area contributed by atoms with E-state index in [0.717, 1.165) is 13.0 Å². The van der Waals surface area contributed by atoms with Gasteiger partial charge in [0.05, 0.1) is 5.75 Å². The minimum Gasteiger partial charge on any atom is -0.303 e. The molecule has 0 aromatic rings. The molecule has 4 nitrogen and oxygen atoms in total. The van der Waals surface area contributed by atoms with E-state index in [2.05, 4.69) is 11.9 Å². The summed E-state index contributed by atoms with van der Waals surface area (Å²) >= 11 is 0. The number of piperidine rings is 2. The molecule has 0 aromatic heterocycles. The van der Waals surface area contributed by atoms with Crippen LogP contribution in [0.5, 0.6) is 0 Å². The summed E-state index contributed by atoms with van der Waals surface area (Å²) in [5.41, 5.74) is 0. The third-order valence-electron chi connectivity index (χ3n) is 4.16. The van der Waals surface area contributed by atoms with Crippen LogP contribution in [0.3, 0.4) is 0 Å².